The van der Waals surface area contributed by atoms with Crippen LogP contribution in [-0.4, -0.2) is 4.57 Å². The van der Waals surface area contributed by atoms with Crippen molar-refractivity contribution in [3.8, 4) is 0 Å². The average molecular weight is 246 g/mol. The van der Waals surface area contributed by atoms with E-state index in [1.54, 1.807) is 28.8 Å². The molecule has 0 fully saturated rings. The smallest absolute Gasteiger partial charge is 0.251 e. The first-order valence-corrected chi connectivity index (χ1v) is 5.76. The quantitative estimate of drug-likeness (QED) is 0.897. The van der Waals surface area contributed by atoms with Gasteiger partial charge in [-0.25, -0.2) is 4.39 Å². The number of aromatic nitrogens is 1. The van der Waals surface area contributed by atoms with Crippen molar-refractivity contribution in [3.05, 3.63) is 69.4 Å². The molecule has 0 spiro atoms. The average Bonchev–Trinajstić information content (AvgIpc) is 2.36. The molecule has 2 rings (SSSR count). The Morgan fingerprint density at radius 1 is 1.17 bits per heavy atom. The number of hydrogen-bond acceptors (Lipinski definition) is 2. The molecule has 0 unspecified atom stereocenters. The van der Waals surface area contributed by atoms with Crippen LogP contribution in [-0.2, 0) is 13.1 Å². The first kappa shape index (κ1) is 12.5. The number of aryl methyl sites for hydroxylation is 1. The summed E-state index contributed by atoms with van der Waals surface area (Å²) in [7, 11) is 0. The van der Waals surface area contributed by atoms with Gasteiger partial charge >= 0.3 is 0 Å². The van der Waals surface area contributed by atoms with Gasteiger partial charge in [0.05, 0.1) is 6.54 Å². The van der Waals surface area contributed by atoms with Gasteiger partial charge in [-0.1, -0.05) is 24.3 Å². The topological polar surface area (TPSA) is 48.0 Å². The van der Waals surface area contributed by atoms with E-state index in [-0.39, 0.29) is 24.5 Å². The van der Waals surface area contributed by atoms with Crippen molar-refractivity contribution in [2.45, 2.75) is 20.0 Å². The van der Waals surface area contributed by atoms with E-state index in [0.717, 1.165) is 5.69 Å². The van der Waals surface area contributed by atoms with Gasteiger partial charge in [-0.2, -0.15) is 0 Å². The number of nitrogens with zero attached hydrogens (tertiary/aromatic N) is 1. The minimum atomic E-state index is -0.324. The van der Waals surface area contributed by atoms with E-state index in [2.05, 4.69) is 0 Å². The van der Waals surface area contributed by atoms with Crippen molar-refractivity contribution in [2.75, 3.05) is 0 Å². The molecule has 1 aromatic carbocycles. The first-order valence-electron chi connectivity index (χ1n) is 5.76. The Morgan fingerprint density at radius 2 is 1.83 bits per heavy atom. The fourth-order valence-electron chi connectivity index (χ4n) is 1.91. The monoisotopic (exact) mass is 246 g/mol. The molecule has 0 radical (unpaired) electrons. The fraction of sp³-hybridized carbons (Fsp3) is 0.214. The number of halogens is 1. The minimum absolute atomic E-state index is 0.132. The van der Waals surface area contributed by atoms with E-state index >= 15 is 0 Å². The van der Waals surface area contributed by atoms with Gasteiger partial charge in [0, 0.05) is 29.4 Å². The lowest BCUT2D eigenvalue weighted by Crippen LogP contribution is -2.22. The van der Waals surface area contributed by atoms with Crippen LogP contribution in [0.3, 0.4) is 0 Å². The van der Waals surface area contributed by atoms with Crippen molar-refractivity contribution in [3.63, 3.8) is 0 Å². The molecular formula is C14H15FN2O. The van der Waals surface area contributed by atoms with Crippen LogP contribution >= 0.6 is 0 Å². The molecule has 4 heteroatoms. The molecular weight excluding hydrogens is 231 g/mol. The highest BCUT2D eigenvalue weighted by Crippen LogP contribution is 2.13. The molecule has 3 nitrogen and oxygen atoms in total. The highest BCUT2D eigenvalue weighted by Gasteiger charge is 2.08. The van der Waals surface area contributed by atoms with E-state index in [4.69, 9.17) is 5.73 Å². The maximum atomic E-state index is 14.0. The van der Waals surface area contributed by atoms with Crippen LogP contribution in [0.4, 0.5) is 4.39 Å². The summed E-state index contributed by atoms with van der Waals surface area (Å²) in [5.41, 5.74) is 7.09. The summed E-state index contributed by atoms with van der Waals surface area (Å²) < 4.78 is 15.6. The molecule has 1 heterocycles. The lowest BCUT2D eigenvalue weighted by atomic mass is 10.1. The van der Waals surface area contributed by atoms with Gasteiger partial charge in [0.2, 0.25) is 0 Å². The molecule has 0 aliphatic rings. The van der Waals surface area contributed by atoms with Crippen LogP contribution in [0.2, 0.25) is 0 Å². The van der Waals surface area contributed by atoms with E-state index in [1.807, 2.05) is 13.0 Å². The Bertz CT molecular complexity index is 619. The van der Waals surface area contributed by atoms with Crippen LogP contribution in [0.25, 0.3) is 0 Å². The zero-order valence-electron chi connectivity index (χ0n) is 10.2. The second kappa shape index (κ2) is 5.14. The predicted molar refractivity (Wildman–Crippen MR) is 68.8 cm³/mol. The summed E-state index contributed by atoms with van der Waals surface area (Å²) >= 11 is 0. The summed E-state index contributed by atoms with van der Waals surface area (Å²) in [5, 5.41) is 0. The lowest BCUT2D eigenvalue weighted by Gasteiger charge is -2.11. The zero-order chi connectivity index (χ0) is 13.1. The summed E-state index contributed by atoms with van der Waals surface area (Å²) in [6.07, 6.45) is 0. The van der Waals surface area contributed by atoms with Crippen LogP contribution in [0, 0.1) is 12.7 Å². The van der Waals surface area contributed by atoms with Crippen molar-refractivity contribution in [1.82, 2.24) is 4.57 Å². The van der Waals surface area contributed by atoms with Crippen molar-refractivity contribution >= 4 is 0 Å². The summed E-state index contributed by atoms with van der Waals surface area (Å²) in [6.45, 7) is 2.21. The number of rotatable bonds is 3. The van der Waals surface area contributed by atoms with Gasteiger partial charge in [-0.3, -0.25) is 4.79 Å². The third-order valence-electron chi connectivity index (χ3n) is 2.98. The van der Waals surface area contributed by atoms with Crippen LogP contribution < -0.4 is 11.3 Å². The Balaban J connectivity index is 2.44. The van der Waals surface area contributed by atoms with Crippen LogP contribution in [0.15, 0.2) is 41.2 Å². The predicted octanol–water partition coefficient (Wildman–Crippen LogP) is 1.80. The highest BCUT2D eigenvalue weighted by molar-refractivity contribution is 5.26. The third kappa shape index (κ3) is 2.33. The Kier molecular flexibility index (Phi) is 3.58. The van der Waals surface area contributed by atoms with Gasteiger partial charge < -0.3 is 10.3 Å². The molecule has 0 aliphatic carbocycles. The fourth-order valence-corrected chi connectivity index (χ4v) is 1.91. The lowest BCUT2D eigenvalue weighted by molar-refractivity contribution is 0.579. The molecule has 0 saturated carbocycles. The molecule has 1 aromatic heterocycles. The van der Waals surface area contributed by atoms with Gasteiger partial charge in [-0.15, -0.1) is 0 Å². The molecule has 2 N–H and O–H groups in total. The second-order valence-electron chi connectivity index (χ2n) is 4.19. The van der Waals surface area contributed by atoms with Crippen LogP contribution in [0.1, 0.15) is 16.8 Å². The largest absolute Gasteiger partial charge is 0.326 e. The number of hydrogen-bond donors (Lipinski definition) is 1. The number of nitrogens with two attached hydrogens (primary N) is 1. The SMILES string of the molecule is Cc1cccc(=O)n1Cc1cccc(CN)c1F. The Hall–Kier alpha value is -1.94. The maximum Gasteiger partial charge on any atom is 0.251 e. The van der Waals surface area contributed by atoms with Crippen molar-refractivity contribution in [2.24, 2.45) is 5.73 Å². The summed E-state index contributed by atoms with van der Waals surface area (Å²) in [4.78, 5) is 11.7. The molecule has 18 heavy (non-hydrogen) atoms. The third-order valence-corrected chi connectivity index (χ3v) is 2.98. The van der Waals surface area contributed by atoms with E-state index in [0.29, 0.717) is 11.1 Å². The molecule has 2 aromatic rings. The minimum Gasteiger partial charge on any atom is -0.326 e. The molecule has 0 aliphatic heterocycles. The van der Waals surface area contributed by atoms with Gasteiger partial charge in [-0.05, 0) is 13.0 Å². The van der Waals surface area contributed by atoms with Gasteiger partial charge in [0.15, 0.2) is 0 Å². The summed E-state index contributed by atoms with van der Waals surface area (Å²) in [5.74, 6) is -0.324. The first-order chi connectivity index (χ1) is 8.63. The Morgan fingerprint density at radius 3 is 2.50 bits per heavy atom. The zero-order valence-corrected chi connectivity index (χ0v) is 10.2. The summed E-state index contributed by atoms with van der Waals surface area (Å²) in [6, 6.07) is 10.1. The van der Waals surface area contributed by atoms with Crippen molar-refractivity contribution in [1.29, 1.82) is 0 Å². The van der Waals surface area contributed by atoms with E-state index in [9.17, 15) is 9.18 Å². The highest BCUT2D eigenvalue weighted by atomic mass is 19.1. The standard InChI is InChI=1S/C14H15FN2O/c1-10-4-2-7-13(18)17(10)9-12-6-3-5-11(8-16)14(12)15/h2-7H,8-9,16H2,1H3. The maximum absolute atomic E-state index is 14.0. The molecule has 0 amide bonds. The van der Waals surface area contributed by atoms with E-state index in [1.165, 1.54) is 6.07 Å². The van der Waals surface area contributed by atoms with E-state index < -0.39 is 0 Å². The Labute approximate surface area is 105 Å². The molecule has 0 bridgehead atoms. The van der Waals surface area contributed by atoms with Crippen LogP contribution in [0.5, 0.6) is 0 Å². The molecule has 0 saturated heterocycles. The number of pyridine rings is 1. The number of benzene rings is 1. The van der Waals surface area contributed by atoms with Crippen molar-refractivity contribution < 1.29 is 4.39 Å². The molecule has 0 atom stereocenters. The second-order valence-corrected chi connectivity index (χ2v) is 4.19. The molecule has 94 valence electrons. The van der Waals surface area contributed by atoms with Gasteiger partial charge in [0.25, 0.3) is 5.56 Å². The van der Waals surface area contributed by atoms with Gasteiger partial charge in [0.1, 0.15) is 5.82 Å². The normalized spacial score (nSPS) is 10.6.